The summed E-state index contributed by atoms with van der Waals surface area (Å²) in [5.74, 6) is 0.304. The molecule has 1 aromatic carbocycles. The van der Waals surface area contributed by atoms with Gasteiger partial charge < -0.3 is 9.47 Å². The monoisotopic (exact) mass is 306 g/mol. The minimum Gasteiger partial charge on any atom is -0.479 e. The van der Waals surface area contributed by atoms with Gasteiger partial charge in [0.25, 0.3) is 0 Å². The molecule has 0 fully saturated rings. The highest BCUT2D eigenvalue weighted by atomic mass is 127. The summed E-state index contributed by atoms with van der Waals surface area (Å²) in [5.41, 5.74) is 0. The molecular weight excluding hydrogens is 295 g/mol. The van der Waals surface area contributed by atoms with Crippen LogP contribution in [0.1, 0.15) is 6.92 Å². The second kappa shape index (κ2) is 5.19. The lowest BCUT2D eigenvalue weighted by Crippen LogP contribution is -2.24. The number of hydrogen-bond acceptors (Lipinski definition) is 3. The number of carbonyl (C=O) groups excluding carboxylic acids is 1. The van der Waals surface area contributed by atoms with Crippen LogP contribution in [0.25, 0.3) is 0 Å². The number of hydrogen-bond donors (Lipinski definition) is 0. The van der Waals surface area contributed by atoms with E-state index in [1.165, 1.54) is 7.11 Å². The van der Waals surface area contributed by atoms with E-state index in [9.17, 15) is 4.79 Å². The summed E-state index contributed by atoms with van der Waals surface area (Å²) in [4.78, 5) is 11.1. The molecule has 0 aliphatic heterocycles. The standard InChI is InChI=1S/C10H11IO3/c1-7(10(12)13-2)14-9-5-3-4-8(11)6-9/h3-7H,1-2H3/t7-/m0/s1. The number of esters is 1. The molecule has 0 spiro atoms. The molecule has 0 unspecified atom stereocenters. The molecule has 14 heavy (non-hydrogen) atoms. The van der Waals surface area contributed by atoms with E-state index in [1.54, 1.807) is 6.92 Å². The maximum atomic E-state index is 11.1. The van der Waals surface area contributed by atoms with Crippen molar-refractivity contribution >= 4 is 28.6 Å². The van der Waals surface area contributed by atoms with E-state index in [-0.39, 0.29) is 5.97 Å². The Morgan fingerprint density at radius 3 is 2.79 bits per heavy atom. The lowest BCUT2D eigenvalue weighted by atomic mass is 10.3. The molecule has 1 atom stereocenters. The average Bonchev–Trinajstić information content (AvgIpc) is 2.16. The molecule has 0 saturated carbocycles. The van der Waals surface area contributed by atoms with Crippen molar-refractivity contribution < 1.29 is 14.3 Å². The third kappa shape index (κ3) is 3.17. The molecule has 0 N–H and O–H groups in total. The molecule has 0 aliphatic rings. The summed E-state index contributed by atoms with van der Waals surface area (Å²) in [6.45, 7) is 1.66. The molecule has 1 rings (SSSR count). The molecule has 0 aliphatic carbocycles. The molecule has 1 aromatic rings. The van der Waals surface area contributed by atoms with E-state index < -0.39 is 6.10 Å². The fourth-order valence-corrected chi connectivity index (χ4v) is 1.47. The summed E-state index contributed by atoms with van der Waals surface area (Å²) in [6, 6.07) is 7.50. The van der Waals surface area contributed by atoms with Crippen molar-refractivity contribution in [3.8, 4) is 5.75 Å². The van der Waals surface area contributed by atoms with Gasteiger partial charge in [0.2, 0.25) is 0 Å². The Morgan fingerprint density at radius 1 is 1.50 bits per heavy atom. The Balaban J connectivity index is 2.64. The predicted octanol–water partition coefficient (Wildman–Crippen LogP) is 2.23. The highest BCUT2D eigenvalue weighted by molar-refractivity contribution is 14.1. The third-order valence-electron chi connectivity index (χ3n) is 1.64. The summed E-state index contributed by atoms with van der Waals surface area (Å²) < 4.78 is 11.0. The highest BCUT2D eigenvalue weighted by Crippen LogP contribution is 2.16. The largest absolute Gasteiger partial charge is 0.479 e. The molecule has 76 valence electrons. The van der Waals surface area contributed by atoms with Gasteiger partial charge in [-0.2, -0.15) is 0 Å². The summed E-state index contributed by atoms with van der Waals surface area (Å²) in [6.07, 6.45) is -0.571. The van der Waals surface area contributed by atoms with Crippen molar-refractivity contribution in [2.24, 2.45) is 0 Å². The van der Waals surface area contributed by atoms with Crippen LogP contribution in [-0.2, 0) is 9.53 Å². The molecule has 0 heterocycles. The zero-order valence-electron chi connectivity index (χ0n) is 7.99. The van der Waals surface area contributed by atoms with Crippen LogP contribution in [0.2, 0.25) is 0 Å². The second-order valence-corrected chi connectivity index (χ2v) is 3.99. The van der Waals surface area contributed by atoms with Gasteiger partial charge in [0, 0.05) is 3.57 Å². The van der Waals surface area contributed by atoms with E-state index in [1.807, 2.05) is 24.3 Å². The summed E-state index contributed by atoms with van der Waals surface area (Å²) >= 11 is 2.18. The van der Waals surface area contributed by atoms with Gasteiger partial charge in [0.05, 0.1) is 7.11 Å². The van der Waals surface area contributed by atoms with Gasteiger partial charge in [-0.05, 0) is 47.7 Å². The van der Waals surface area contributed by atoms with Crippen LogP contribution in [-0.4, -0.2) is 19.2 Å². The van der Waals surface area contributed by atoms with Gasteiger partial charge in [-0.3, -0.25) is 0 Å². The fraction of sp³-hybridized carbons (Fsp3) is 0.300. The first kappa shape index (κ1) is 11.3. The number of methoxy groups -OCH3 is 1. The summed E-state index contributed by atoms with van der Waals surface area (Å²) in [7, 11) is 1.34. The van der Waals surface area contributed by atoms with Crippen LogP contribution in [0.5, 0.6) is 5.75 Å². The van der Waals surface area contributed by atoms with E-state index in [4.69, 9.17) is 4.74 Å². The van der Waals surface area contributed by atoms with Crippen molar-refractivity contribution in [3.05, 3.63) is 27.8 Å². The first-order chi connectivity index (χ1) is 6.63. The van der Waals surface area contributed by atoms with E-state index >= 15 is 0 Å². The quantitative estimate of drug-likeness (QED) is 0.634. The smallest absolute Gasteiger partial charge is 0.346 e. The summed E-state index contributed by atoms with van der Waals surface area (Å²) in [5, 5.41) is 0. The lowest BCUT2D eigenvalue weighted by Gasteiger charge is -2.12. The topological polar surface area (TPSA) is 35.5 Å². The molecule has 0 saturated heterocycles. The van der Waals surface area contributed by atoms with Crippen LogP contribution < -0.4 is 4.74 Å². The Labute approximate surface area is 96.5 Å². The van der Waals surface area contributed by atoms with E-state index in [0.717, 1.165) is 3.57 Å². The third-order valence-corrected chi connectivity index (χ3v) is 2.31. The molecule has 0 bridgehead atoms. The number of rotatable bonds is 3. The Morgan fingerprint density at radius 2 is 2.21 bits per heavy atom. The van der Waals surface area contributed by atoms with E-state index in [2.05, 4.69) is 27.3 Å². The maximum Gasteiger partial charge on any atom is 0.346 e. The molecule has 0 amide bonds. The highest BCUT2D eigenvalue weighted by Gasteiger charge is 2.14. The minimum atomic E-state index is -0.571. The van der Waals surface area contributed by atoms with Gasteiger partial charge in [-0.25, -0.2) is 4.79 Å². The fourth-order valence-electron chi connectivity index (χ4n) is 0.959. The maximum absolute atomic E-state index is 11.1. The Kier molecular flexibility index (Phi) is 4.19. The van der Waals surface area contributed by atoms with Gasteiger partial charge >= 0.3 is 5.97 Å². The second-order valence-electron chi connectivity index (χ2n) is 2.74. The number of carbonyl (C=O) groups is 1. The predicted molar refractivity (Wildman–Crippen MR) is 61.3 cm³/mol. The van der Waals surface area contributed by atoms with Crippen molar-refractivity contribution in [2.45, 2.75) is 13.0 Å². The normalized spacial score (nSPS) is 11.9. The van der Waals surface area contributed by atoms with Gasteiger partial charge in [-0.1, -0.05) is 6.07 Å². The van der Waals surface area contributed by atoms with Gasteiger partial charge in [-0.15, -0.1) is 0 Å². The zero-order valence-corrected chi connectivity index (χ0v) is 10.1. The van der Waals surface area contributed by atoms with Crippen LogP contribution in [0.15, 0.2) is 24.3 Å². The van der Waals surface area contributed by atoms with Gasteiger partial charge in [0.1, 0.15) is 5.75 Å². The van der Waals surface area contributed by atoms with Crippen LogP contribution in [0, 0.1) is 3.57 Å². The van der Waals surface area contributed by atoms with E-state index in [0.29, 0.717) is 5.75 Å². The Hall–Kier alpha value is -0.780. The van der Waals surface area contributed by atoms with Crippen molar-refractivity contribution in [1.29, 1.82) is 0 Å². The van der Waals surface area contributed by atoms with Crippen LogP contribution in [0.3, 0.4) is 0 Å². The molecule has 0 radical (unpaired) electrons. The molecule has 0 aromatic heterocycles. The molecule has 4 heteroatoms. The molecule has 3 nitrogen and oxygen atoms in total. The Bertz CT molecular complexity index is 325. The van der Waals surface area contributed by atoms with Crippen LogP contribution >= 0.6 is 22.6 Å². The van der Waals surface area contributed by atoms with Gasteiger partial charge in [0.15, 0.2) is 6.10 Å². The number of benzene rings is 1. The van der Waals surface area contributed by atoms with Crippen molar-refractivity contribution in [1.82, 2.24) is 0 Å². The van der Waals surface area contributed by atoms with Crippen LogP contribution in [0.4, 0.5) is 0 Å². The SMILES string of the molecule is COC(=O)[C@H](C)Oc1cccc(I)c1. The van der Waals surface area contributed by atoms with Crippen molar-refractivity contribution in [2.75, 3.05) is 7.11 Å². The zero-order chi connectivity index (χ0) is 10.6. The minimum absolute atomic E-state index is 0.371. The first-order valence-corrected chi connectivity index (χ1v) is 5.21. The number of halogens is 1. The molecular formula is C10H11IO3. The first-order valence-electron chi connectivity index (χ1n) is 4.13. The lowest BCUT2D eigenvalue weighted by molar-refractivity contribution is -0.147. The van der Waals surface area contributed by atoms with Crippen molar-refractivity contribution in [3.63, 3.8) is 0 Å². The number of ether oxygens (including phenoxy) is 2. The average molecular weight is 306 g/mol.